The van der Waals surface area contributed by atoms with E-state index in [4.69, 9.17) is 0 Å². The van der Waals surface area contributed by atoms with Gasteiger partial charge in [0, 0.05) is 12.2 Å². The van der Waals surface area contributed by atoms with Crippen LogP contribution in [-0.2, 0) is 12.7 Å². The van der Waals surface area contributed by atoms with Crippen molar-refractivity contribution < 1.29 is 13.2 Å². The van der Waals surface area contributed by atoms with E-state index in [9.17, 15) is 13.2 Å². The molecule has 0 bridgehead atoms. The van der Waals surface area contributed by atoms with Gasteiger partial charge in [-0.05, 0) is 41.0 Å². The fourth-order valence-electron chi connectivity index (χ4n) is 2.56. The van der Waals surface area contributed by atoms with Crippen molar-refractivity contribution in [1.29, 1.82) is 0 Å². The van der Waals surface area contributed by atoms with E-state index >= 15 is 0 Å². The second-order valence-electron chi connectivity index (χ2n) is 5.58. The predicted octanol–water partition coefficient (Wildman–Crippen LogP) is 5.49. The number of benzene rings is 3. The number of alkyl halides is 3. The number of nitrogens with one attached hydrogen (secondary N) is 2. The number of rotatable bonds is 5. The first kappa shape index (κ1) is 17.0. The molecule has 25 heavy (non-hydrogen) atoms. The van der Waals surface area contributed by atoms with Crippen LogP contribution in [0, 0.1) is 0 Å². The fraction of sp³-hybridized carbons (Fsp3) is 0.100. The molecule has 3 aromatic rings. The van der Waals surface area contributed by atoms with Gasteiger partial charge in [-0.3, -0.25) is 0 Å². The molecule has 0 amide bonds. The number of hydrazine groups is 1. The van der Waals surface area contributed by atoms with Crippen molar-refractivity contribution in [2.24, 2.45) is 0 Å². The third-order valence-electron chi connectivity index (χ3n) is 3.83. The van der Waals surface area contributed by atoms with E-state index in [-0.39, 0.29) is 0 Å². The van der Waals surface area contributed by atoms with Gasteiger partial charge in [0.25, 0.3) is 0 Å². The largest absolute Gasteiger partial charge is 0.416 e. The van der Waals surface area contributed by atoms with Crippen molar-refractivity contribution in [1.82, 2.24) is 5.43 Å². The van der Waals surface area contributed by atoms with E-state index in [0.717, 1.165) is 34.5 Å². The molecule has 0 heterocycles. The molecule has 0 aliphatic carbocycles. The highest BCUT2D eigenvalue weighted by molar-refractivity contribution is 5.67. The van der Waals surface area contributed by atoms with Crippen molar-refractivity contribution in [2.45, 2.75) is 12.7 Å². The Bertz CT molecular complexity index is 812. The minimum absolute atomic E-state index is 0.534. The third kappa shape index (κ3) is 4.39. The molecule has 2 nitrogen and oxygen atoms in total. The minimum Gasteiger partial charge on any atom is -0.321 e. The molecule has 0 aromatic heterocycles. The topological polar surface area (TPSA) is 24.1 Å². The SMILES string of the molecule is FC(F)(F)c1ccc(-c2ccccc2CNNc2ccccc2)cc1. The predicted molar refractivity (Wildman–Crippen MR) is 93.8 cm³/mol. The summed E-state index contributed by atoms with van der Waals surface area (Å²) in [6, 6.07) is 22.6. The van der Waals surface area contributed by atoms with Gasteiger partial charge in [-0.15, -0.1) is 0 Å². The molecule has 0 saturated heterocycles. The Labute approximate surface area is 144 Å². The van der Waals surface area contributed by atoms with Gasteiger partial charge in [0.15, 0.2) is 0 Å². The molecule has 0 spiro atoms. The maximum absolute atomic E-state index is 12.7. The van der Waals surface area contributed by atoms with Crippen LogP contribution in [-0.4, -0.2) is 0 Å². The second kappa shape index (κ2) is 7.40. The Morgan fingerprint density at radius 3 is 2.04 bits per heavy atom. The molecule has 0 atom stereocenters. The van der Waals surface area contributed by atoms with Gasteiger partial charge in [0.05, 0.1) is 5.56 Å². The minimum atomic E-state index is -4.32. The summed E-state index contributed by atoms with van der Waals surface area (Å²) >= 11 is 0. The average Bonchev–Trinajstić information content (AvgIpc) is 2.62. The van der Waals surface area contributed by atoms with E-state index in [1.54, 1.807) is 0 Å². The first-order valence-electron chi connectivity index (χ1n) is 7.83. The summed E-state index contributed by atoms with van der Waals surface area (Å²) in [4.78, 5) is 0. The number of hydrogen-bond donors (Lipinski definition) is 2. The molecule has 0 aliphatic heterocycles. The number of para-hydroxylation sites is 1. The van der Waals surface area contributed by atoms with Gasteiger partial charge in [-0.1, -0.05) is 54.6 Å². The maximum atomic E-state index is 12.7. The van der Waals surface area contributed by atoms with Crippen molar-refractivity contribution >= 4 is 5.69 Å². The summed E-state index contributed by atoms with van der Waals surface area (Å²) < 4.78 is 38.1. The Morgan fingerprint density at radius 1 is 0.720 bits per heavy atom. The summed E-state index contributed by atoms with van der Waals surface area (Å²) in [7, 11) is 0. The van der Waals surface area contributed by atoms with E-state index in [1.165, 1.54) is 12.1 Å². The number of hydrogen-bond acceptors (Lipinski definition) is 2. The van der Waals surface area contributed by atoms with Crippen LogP contribution in [0.15, 0.2) is 78.9 Å². The molecule has 3 rings (SSSR count). The summed E-state index contributed by atoms with van der Waals surface area (Å²) in [5.41, 5.74) is 9.18. The van der Waals surface area contributed by atoms with E-state index in [0.29, 0.717) is 6.54 Å². The van der Waals surface area contributed by atoms with Crippen LogP contribution in [0.1, 0.15) is 11.1 Å². The third-order valence-corrected chi connectivity index (χ3v) is 3.83. The molecular weight excluding hydrogens is 325 g/mol. The zero-order valence-electron chi connectivity index (χ0n) is 13.3. The maximum Gasteiger partial charge on any atom is 0.416 e. The van der Waals surface area contributed by atoms with Gasteiger partial charge in [0.1, 0.15) is 0 Å². The Balaban J connectivity index is 1.74. The summed E-state index contributed by atoms with van der Waals surface area (Å²) in [5.74, 6) is 0. The molecule has 128 valence electrons. The summed E-state index contributed by atoms with van der Waals surface area (Å²) in [5, 5.41) is 0. The highest BCUT2D eigenvalue weighted by atomic mass is 19.4. The van der Waals surface area contributed by atoms with Crippen LogP contribution in [0.4, 0.5) is 18.9 Å². The lowest BCUT2D eigenvalue weighted by molar-refractivity contribution is -0.137. The average molecular weight is 342 g/mol. The molecule has 0 radical (unpaired) electrons. The van der Waals surface area contributed by atoms with Crippen LogP contribution in [0.25, 0.3) is 11.1 Å². The molecule has 0 saturated carbocycles. The second-order valence-corrected chi connectivity index (χ2v) is 5.58. The Morgan fingerprint density at radius 2 is 1.36 bits per heavy atom. The highest BCUT2D eigenvalue weighted by Gasteiger charge is 2.30. The normalized spacial score (nSPS) is 11.3. The standard InChI is InChI=1S/C20H17F3N2/c21-20(22,23)17-12-10-15(11-13-17)19-9-5-4-6-16(19)14-24-25-18-7-2-1-3-8-18/h1-13,24-25H,14H2. The van der Waals surface area contributed by atoms with Crippen LogP contribution in [0.2, 0.25) is 0 Å². The van der Waals surface area contributed by atoms with Gasteiger partial charge in [0.2, 0.25) is 0 Å². The van der Waals surface area contributed by atoms with Gasteiger partial charge in [-0.2, -0.15) is 13.2 Å². The van der Waals surface area contributed by atoms with Crippen LogP contribution < -0.4 is 10.9 Å². The molecular formula is C20H17F3N2. The zero-order chi connectivity index (χ0) is 17.7. The molecule has 3 aromatic carbocycles. The van der Waals surface area contributed by atoms with E-state index in [1.807, 2.05) is 54.6 Å². The Kier molecular flexibility index (Phi) is 5.05. The zero-order valence-corrected chi connectivity index (χ0v) is 13.3. The molecule has 2 N–H and O–H groups in total. The molecule has 5 heteroatoms. The van der Waals surface area contributed by atoms with Crippen LogP contribution in [0.3, 0.4) is 0 Å². The highest BCUT2D eigenvalue weighted by Crippen LogP contribution is 2.31. The van der Waals surface area contributed by atoms with E-state index in [2.05, 4.69) is 10.9 Å². The summed E-state index contributed by atoms with van der Waals surface area (Å²) in [6.07, 6.45) is -4.32. The fourth-order valence-corrected chi connectivity index (χ4v) is 2.56. The molecule has 0 fully saturated rings. The first-order chi connectivity index (χ1) is 12.0. The molecule has 0 unspecified atom stereocenters. The first-order valence-corrected chi connectivity index (χ1v) is 7.83. The van der Waals surface area contributed by atoms with Gasteiger partial charge >= 0.3 is 6.18 Å². The van der Waals surface area contributed by atoms with Gasteiger partial charge in [-0.25, -0.2) is 5.43 Å². The van der Waals surface area contributed by atoms with E-state index < -0.39 is 11.7 Å². The number of halogens is 3. The smallest absolute Gasteiger partial charge is 0.321 e. The summed E-state index contributed by atoms with van der Waals surface area (Å²) in [6.45, 7) is 0.534. The lowest BCUT2D eigenvalue weighted by atomic mass is 9.98. The lowest BCUT2D eigenvalue weighted by Gasteiger charge is -2.13. The van der Waals surface area contributed by atoms with Crippen molar-refractivity contribution in [3.63, 3.8) is 0 Å². The quantitative estimate of drug-likeness (QED) is 0.599. The molecule has 0 aliphatic rings. The van der Waals surface area contributed by atoms with Crippen molar-refractivity contribution in [2.75, 3.05) is 5.43 Å². The number of anilines is 1. The Hall–Kier alpha value is -2.79. The van der Waals surface area contributed by atoms with Crippen molar-refractivity contribution in [3.05, 3.63) is 90.0 Å². The van der Waals surface area contributed by atoms with Crippen molar-refractivity contribution in [3.8, 4) is 11.1 Å². The lowest BCUT2D eigenvalue weighted by Crippen LogP contribution is -2.21. The van der Waals surface area contributed by atoms with Gasteiger partial charge < -0.3 is 5.43 Å². The van der Waals surface area contributed by atoms with Crippen LogP contribution >= 0.6 is 0 Å². The van der Waals surface area contributed by atoms with Crippen LogP contribution in [0.5, 0.6) is 0 Å². The monoisotopic (exact) mass is 342 g/mol.